The smallest absolute Gasteiger partial charge is 0.407 e. The summed E-state index contributed by atoms with van der Waals surface area (Å²) < 4.78 is 5.29. The number of amides is 1. The van der Waals surface area contributed by atoms with Crippen molar-refractivity contribution in [3.8, 4) is 0 Å². The van der Waals surface area contributed by atoms with Crippen LogP contribution < -0.4 is 16.0 Å². The van der Waals surface area contributed by atoms with E-state index in [4.69, 9.17) is 10.5 Å². The van der Waals surface area contributed by atoms with Crippen LogP contribution in [0.2, 0.25) is 0 Å². The Hall–Kier alpha value is -2.76. The molecule has 2 heterocycles. The van der Waals surface area contributed by atoms with Gasteiger partial charge >= 0.3 is 6.09 Å². The lowest BCUT2D eigenvalue weighted by atomic mass is 10.1. The summed E-state index contributed by atoms with van der Waals surface area (Å²) >= 11 is 0. The minimum atomic E-state index is -0.381. The molecule has 2 aromatic rings. The van der Waals surface area contributed by atoms with E-state index in [1.807, 2.05) is 36.4 Å². The fourth-order valence-corrected chi connectivity index (χ4v) is 2.93. The van der Waals surface area contributed by atoms with Gasteiger partial charge in [0.15, 0.2) is 0 Å². The van der Waals surface area contributed by atoms with Gasteiger partial charge in [-0.05, 0) is 24.5 Å². The molecule has 0 bridgehead atoms. The first-order chi connectivity index (χ1) is 11.7. The molecule has 0 spiro atoms. The third kappa shape index (κ3) is 4.16. The van der Waals surface area contributed by atoms with E-state index in [1.54, 1.807) is 12.4 Å². The van der Waals surface area contributed by atoms with Crippen molar-refractivity contribution in [3.05, 3.63) is 54.4 Å². The van der Waals surface area contributed by atoms with Gasteiger partial charge in [0.2, 0.25) is 0 Å². The molecule has 3 N–H and O–H groups in total. The predicted molar refractivity (Wildman–Crippen MR) is 93.6 cm³/mol. The molecule has 3 rings (SSSR count). The van der Waals surface area contributed by atoms with Crippen molar-refractivity contribution in [1.29, 1.82) is 0 Å². The number of nitrogens with one attached hydrogen (secondary N) is 1. The quantitative estimate of drug-likeness (QED) is 0.902. The monoisotopic (exact) mass is 326 g/mol. The van der Waals surface area contributed by atoms with Crippen molar-refractivity contribution in [2.24, 2.45) is 0 Å². The highest BCUT2D eigenvalue weighted by Gasteiger charge is 2.23. The molecule has 1 atom stereocenters. The van der Waals surface area contributed by atoms with E-state index >= 15 is 0 Å². The fourth-order valence-electron chi connectivity index (χ4n) is 2.93. The predicted octanol–water partition coefficient (Wildman–Crippen LogP) is 2.56. The number of nitrogens with zero attached hydrogens (tertiary/aromatic N) is 2. The van der Waals surface area contributed by atoms with E-state index in [1.165, 1.54) is 0 Å². The Bertz CT molecular complexity index is 678. The number of piperidine rings is 1. The first-order valence-electron chi connectivity index (χ1n) is 8.14. The van der Waals surface area contributed by atoms with E-state index in [9.17, 15) is 4.79 Å². The molecule has 126 valence electrons. The topological polar surface area (TPSA) is 80.5 Å². The molecule has 0 aliphatic carbocycles. The number of nitrogen functional groups attached to an aromatic ring is 1. The van der Waals surface area contributed by atoms with Crippen LogP contribution in [0.15, 0.2) is 48.8 Å². The van der Waals surface area contributed by atoms with Crippen molar-refractivity contribution in [3.63, 3.8) is 0 Å². The highest BCUT2D eigenvalue weighted by Crippen LogP contribution is 2.25. The number of ether oxygens (including phenoxy) is 1. The van der Waals surface area contributed by atoms with Gasteiger partial charge in [-0.25, -0.2) is 4.79 Å². The number of alkyl carbamates (subject to hydrolysis) is 1. The van der Waals surface area contributed by atoms with Crippen LogP contribution in [0.1, 0.15) is 18.4 Å². The lowest BCUT2D eigenvalue weighted by molar-refractivity contribution is 0.134. The number of anilines is 2. The average molecular weight is 326 g/mol. The van der Waals surface area contributed by atoms with Crippen molar-refractivity contribution >= 4 is 17.5 Å². The number of hydrogen-bond acceptors (Lipinski definition) is 5. The molecule has 0 radical (unpaired) electrons. The molecule has 1 aliphatic rings. The van der Waals surface area contributed by atoms with Gasteiger partial charge in [-0.15, -0.1) is 0 Å². The van der Waals surface area contributed by atoms with Crippen molar-refractivity contribution in [2.75, 3.05) is 23.7 Å². The summed E-state index contributed by atoms with van der Waals surface area (Å²) in [6, 6.07) is 11.6. The van der Waals surface area contributed by atoms with Gasteiger partial charge in [-0.1, -0.05) is 30.3 Å². The summed E-state index contributed by atoms with van der Waals surface area (Å²) in [6.07, 6.45) is 4.93. The van der Waals surface area contributed by atoms with Gasteiger partial charge < -0.3 is 20.7 Å². The molecule has 1 amide bonds. The molecule has 24 heavy (non-hydrogen) atoms. The second-order valence-electron chi connectivity index (χ2n) is 5.93. The molecule has 1 unspecified atom stereocenters. The molecular formula is C18H22N4O2. The summed E-state index contributed by atoms with van der Waals surface area (Å²) in [6.45, 7) is 1.92. The molecule has 6 nitrogen and oxygen atoms in total. The molecule has 1 fully saturated rings. The lowest BCUT2D eigenvalue weighted by Gasteiger charge is -2.35. The van der Waals surface area contributed by atoms with E-state index in [-0.39, 0.29) is 18.7 Å². The van der Waals surface area contributed by atoms with E-state index in [0.29, 0.717) is 12.2 Å². The number of hydrogen-bond donors (Lipinski definition) is 2. The van der Waals surface area contributed by atoms with Gasteiger partial charge in [-0.2, -0.15) is 0 Å². The third-order valence-corrected chi connectivity index (χ3v) is 4.12. The highest BCUT2D eigenvalue weighted by atomic mass is 16.5. The van der Waals surface area contributed by atoms with Gasteiger partial charge in [0.1, 0.15) is 6.61 Å². The first kappa shape index (κ1) is 16.1. The molecule has 6 heteroatoms. The zero-order valence-electron chi connectivity index (χ0n) is 13.5. The van der Waals surface area contributed by atoms with Crippen LogP contribution in [0.5, 0.6) is 0 Å². The summed E-state index contributed by atoms with van der Waals surface area (Å²) in [5.74, 6) is 0. The summed E-state index contributed by atoms with van der Waals surface area (Å²) in [5, 5.41) is 2.95. The van der Waals surface area contributed by atoms with Gasteiger partial charge in [-0.3, -0.25) is 4.98 Å². The van der Waals surface area contributed by atoms with Crippen molar-refractivity contribution < 1.29 is 9.53 Å². The van der Waals surface area contributed by atoms with Crippen LogP contribution in [0, 0.1) is 0 Å². The second kappa shape index (κ2) is 7.68. The maximum absolute atomic E-state index is 12.0. The maximum Gasteiger partial charge on any atom is 0.407 e. The van der Waals surface area contributed by atoms with Crippen LogP contribution in [0.25, 0.3) is 0 Å². The Morgan fingerprint density at radius 3 is 2.96 bits per heavy atom. The van der Waals surface area contributed by atoms with Crippen molar-refractivity contribution in [2.45, 2.75) is 25.5 Å². The summed E-state index contributed by atoms with van der Waals surface area (Å²) in [4.78, 5) is 18.2. The Morgan fingerprint density at radius 1 is 1.33 bits per heavy atom. The number of nitrogens with two attached hydrogens (primary N) is 1. The van der Waals surface area contributed by atoms with Crippen LogP contribution >= 0.6 is 0 Å². The van der Waals surface area contributed by atoms with Gasteiger partial charge in [0.05, 0.1) is 17.6 Å². The van der Waals surface area contributed by atoms with Gasteiger partial charge in [0.25, 0.3) is 0 Å². The Balaban J connectivity index is 1.52. The van der Waals surface area contributed by atoms with Crippen LogP contribution in [0.3, 0.4) is 0 Å². The molecule has 1 saturated heterocycles. The van der Waals surface area contributed by atoms with E-state index < -0.39 is 0 Å². The fraction of sp³-hybridized carbons (Fsp3) is 0.333. The van der Waals surface area contributed by atoms with Crippen molar-refractivity contribution in [1.82, 2.24) is 10.3 Å². The number of carbonyl (C=O) groups excluding carboxylic acids is 1. The summed E-state index contributed by atoms with van der Waals surface area (Å²) in [5.41, 5.74) is 8.59. The Morgan fingerprint density at radius 2 is 2.17 bits per heavy atom. The third-order valence-electron chi connectivity index (χ3n) is 4.12. The number of rotatable bonds is 4. The number of pyridine rings is 1. The second-order valence-corrected chi connectivity index (χ2v) is 5.93. The Labute approximate surface area is 141 Å². The lowest BCUT2D eigenvalue weighted by Crippen LogP contribution is -2.48. The summed E-state index contributed by atoms with van der Waals surface area (Å²) in [7, 11) is 0. The Kier molecular flexibility index (Phi) is 5.15. The number of aromatic nitrogens is 1. The van der Waals surface area contributed by atoms with Gasteiger partial charge in [0, 0.05) is 25.3 Å². The molecular weight excluding hydrogens is 304 g/mol. The van der Waals surface area contributed by atoms with E-state index in [2.05, 4.69) is 15.2 Å². The number of carbonyl (C=O) groups is 1. The molecule has 1 aromatic carbocycles. The minimum Gasteiger partial charge on any atom is -0.445 e. The normalized spacial score (nSPS) is 17.3. The molecule has 1 aromatic heterocycles. The zero-order chi connectivity index (χ0) is 16.8. The standard InChI is InChI=1S/C18H22N4O2/c19-16-11-20-9-8-17(16)22-10-4-7-15(12-22)21-18(23)24-13-14-5-2-1-3-6-14/h1-3,5-6,8-9,11,15H,4,7,10,12-13,19H2,(H,21,23). The molecule has 1 aliphatic heterocycles. The number of benzene rings is 1. The molecule has 0 saturated carbocycles. The van der Waals surface area contributed by atoms with Crippen LogP contribution in [0.4, 0.5) is 16.2 Å². The maximum atomic E-state index is 12.0. The minimum absolute atomic E-state index is 0.0505. The first-order valence-corrected chi connectivity index (χ1v) is 8.14. The average Bonchev–Trinajstić information content (AvgIpc) is 2.61. The SMILES string of the molecule is Nc1cnccc1N1CCCC(NC(=O)OCc2ccccc2)C1. The zero-order valence-corrected chi connectivity index (χ0v) is 13.5. The van der Waals surface area contributed by atoms with E-state index in [0.717, 1.165) is 30.6 Å². The largest absolute Gasteiger partial charge is 0.445 e. The van der Waals surface area contributed by atoms with Crippen LogP contribution in [-0.4, -0.2) is 30.2 Å². The van der Waals surface area contributed by atoms with Crippen LogP contribution in [-0.2, 0) is 11.3 Å². The highest BCUT2D eigenvalue weighted by molar-refractivity contribution is 5.69.